The lowest BCUT2D eigenvalue weighted by Crippen LogP contribution is -2.29. The fourth-order valence-electron chi connectivity index (χ4n) is 2.16. The van der Waals surface area contributed by atoms with Gasteiger partial charge in [0.15, 0.2) is 0 Å². The first-order valence-corrected chi connectivity index (χ1v) is 8.27. The number of fused-ring (bicyclic) bond motifs is 1. The van der Waals surface area contributed by atoms with E-state index in [4.69, 9.17) is 9.52 Å². The third-order valence-electron chi connectivity index (χ3n) is 3.03. The van der Waals surface area contributed by atoms with E-state index in [1.165, 1.54) is 13.0 Å². The number of furan rings is 1. The Morgan fingerprint density at radius 3 is 2.57 bits per heavy atom. The molecule has 1 heterocycles. The fraction of sp³-hybridized carbons (Fsp3) is 0.286. The van der Waals surface area contributed by atoms with Crippen LogP contribution in [0.3, 0.4) is 0 Å². The normalized spacial score (nSPS) is 11.6. The van der Waals surface area contributed by atoms with Crippen LogP contribution in [0.1, 0.15) is 19.6 Å². The van der Waals surface area contributed by atoms with E-state index >= 15 is 0 Å². The number of amides is 1. The summed E-state index contributed by atoms with van der Waals surface area (Å²) in [6.07, 6.45) is 0.313. The van der Waals surface area contributed by atoms with Crippen LogP contribution in [-0.4, -0.2) is 31.9 Å². The first-order valence-electron chi connectivity index (χ1n) is 6.79. The van der Waals surface area contributed by atoms with Crippen LogP contribution in [0, 0.1) is 0 Å². The van der Waals surface area contributed by atoms with E-state index < -0.39 is 22.5 Å². The lowest BCUT2D eigenvalue weighted by molar-refractivity contribution is -0.135. The van der Waals surface area contributed by atoms with E-state index in [0.29, 0.717) is 17.7 Å². The average Bonchev–Trinajstić information content (AvgIpc) is 2.83. The summed E-state index contributed by atoms with van der Waals surface area (Å²) in [4.78, 5) is 21.6. The second-order valence-corrected chi connectivity index (χ2v) is 6.52. The molecular formula is C14H16N2O6S. The molecule has 1 aromatic carbocycles. The predicted molar refractivity (Wildman–Crippen MR) is 82.7 cm³/mol. The lowest BCUT2D eigenvalue weighted by atomic mass is 10.2. The summed E-state index contributed by atoms with van der Waals surface area (Å²) in [5.41, 5.74) is 0.759. The van der Waals surface area contributed by atoms with Gasteiger partial charge in [-0.15, -0.1) is 0 Å². The van der Waals surface area contributed by atoms with Crippen molar-refractivity contribution in [3.05, 3.63) is 24.0 Å². The van der Waals surface area contributed by atoms with Gasteiger partial charge in [0.25, 0.3) is 0 Å². The van der Waals surface area contributed by atoms with Crippen LogP contribution in [0.2, 0.25) is 0 Å². The van der Waals surface area contributed by atoms with Gasteiger partial charge in [0, 0.05) is 24.4 Å². The van der Waals surface area contributed by atoms with Gasteiger partial charge in [-0.2, -0.15) is 4.72 Å². The first-order chi connectivity index (χ1) is 10.7. The Bertz CT molecular complexity index is 869. The number of benzene rings is 1. The maximum Gasteiger partial charge on any atom is 0.318 e. The summed E-state index contributed by atoms with van der Waals surface area (Å²) in [7, 11) is -4.06. The Morgan fingerprint density at radius 2 is 2.00 bits per heavy atom. The highest BCUT2D eigenvalue weighted by Gasteiger charge is 2.26. The average molecular weight is 340 g/mol. The monoisotopic (exact) mass is 340 g/mol. The topological polar surface area (TPSA) is 126 Å². The van der Waals surface area contributed by atoms with Crippen molar-refractivity contribution in [1.29, 1.82) is 0 Å². The van der Waals surface area contributed by atoms with Crippen LogP contribution in [-0.2, 0) is 26.0 Å². The van der Waals surface area contributed by atoms with Crippen LogP contribution in [0.4, 0.5) is 5.69 Å². The molecule has 9 heteroatoms. The second kappa shape index (κ2) is 6.39. The number of carbonyl (C=O) groups excluding carboxylic acids is 1. The number of carboxylic acid groups (broad SMARTS) is 1. The third kappa shape index (κ3) is 3.69. The Balaban J connectivity index is 2.59. The van der Waals surface area contributed by atoms with E-state index in [-0.39, 0.29) is 21.9 Å². The summed E-state index contributed by atoms with van der Waals surface area (Å²) < 4.78 is 32.3. The van der Waals surface area contributed by atoms with Gasteiger partial charge in [-0.3, -0.25) is 9.59 Å². The van der Waals surface area contributed by atoms with Gasteiger partial charge in [-0.1, -0.05) is 6.92 Å². The lowest BCUT2D eigenvalue weighted by Gasteiger charge is -2.06. The van der Waals surface area contributed by atoms with Crippen molar-refractivity contribution >= 4 is 38.6 Å². The summed E-state index contributed by atoms with van der Waals surface area (Å²) in [5.74, 6) is -1.37. The molecule has 0 atom stereocenters. The third-order valence-corrected chi connectivity index (χ3v) is 4.54. The van der Waals surface area contributed by atoms with E-state index in [0.717, 1.165) is 0 Å². The zero-order valence-corrected chi connectivity index (χ0v) is 13.4. The molecule has 2 aromatic rings. The van der Waals surface area contributed by atoms with Crippen molar-refractivity contribution in [2.75, 3.05) is 11.9 Å². The molecule has 124 valence electrons. The van der Waals surface area contributed by atoms with Crippen LogP contribution >= 0.6 is 0 Å². The number of carbonyl (C=O) groups is 2. The number of sulfonamides is 1. The highest BCUT2D eigenvalue weighted by molar-refractivity contribution is 7.89. The summed E-state index contributed by atoms with van der Waals surface area (Å²) >= 11 is 0. The predicted octanol–water partition coefficient (Wildman–Crippen LogP) is 1.32. The quantitative estimate of drug-likeness (QED) is 0.728. The zero-order valence-electron chi connectivity index (χ0n) is 12.5. The largest absolute Gasteiger partial charge is 0.480 e. The maximum atomic E-state index is 12.4. The Hall–Kier alpha value is -2.39. The Labute approximate surface area is 132 Å². The number of hydrogen-bond donors (Lipinski definition) is 3. The molecule has 0 saturated heterocycles. The molecule has 23 heavy (non-hydrogen) atoms. The summed E-state index contributed by atoms with van der Waals surface area (Å²) in [6.45, 7) is 2.33. The number of rotatable bonds is 6. The standard InChI is InChI=1S/C14H16N2O6S/c1-3-11-14(23(20,21)15-7-13(18)19)10-6-9(16-8(2)17)4-5-12(10)22-11/h4-6,15H,3,7H2,1-2H3,(H,16,17)(H,18,19). The van der Waals surface area contributed by atoms with Crippen molar-refractivity contribution < 1.29 is 27.5 Å². The fourth-order valence-corrected chi connectivity index (χ4v) is 3.56. The smallest absolute Gasteiger partial charge is 0.318 e. The van der Waals surface area contributed by atoms with Gasteiger partial charge in [0.2, 0.25) is 15.9 Å². The molecule has 0 aliphatic carbocycles. The van der Waals surface area contributed by atoms with E-state index in [9.17, 15) is 18.0 Å². The van der Waals surface area contributed by atoms with Crippen molar-refractivity contribution in [2.24, 2.45) is 0 Å². The molecule has 0 saturated carbocycles. The van der Waals surface area contributed by atoms with Gasteiger partial charge < -0.3 is 14.8 Å². The summed E-state index contributed by atoms with van der Waals surface area (Å²) in [6, 6.07) is 4.62. The number of hydrogen-bond acceptors (Lipinski definition) is 5. The molecule has 2 rings (SSSR count). The SMILES string of the molecule is CCc1oc2ccc(NC(C)=O)cc2c1S(=O)(=O)NCC(=O)O. The molecule has 0 aliphatic heterocycles. The number of nitrogens with one attached hydrogen (secondary N) is 2. The molecule has 0 bridgehead atoms. The van der Waals surface area contributed by atoms with Crippen LogP contribution in [0.5, 0.6) is 0 Å². The van der Waals surface area contributed by atoms with E-state index in [1.807, 2.05) is 4.72 Å². The van der Waals surface area contributed by atoms with Gasteiger partial charge in [0.1, 0.15) is 22.8 Å². The Morgan fingerprint density at radius 1 is 1.30 bits per heavy atom. The minimum absolute atomic E-state index is 0.108. The molecule has 0 unspecified atom stereocenters. The number of carboxylic acids is 1. The van der Waals surface area contributed by atoms with Gasteiger partial charge in [0.05, 0.1) is 0 Å². The Kier molecular flexibility index (Phi) is 4.71. The molecule has 0 aliphatic rings. The molecular weight excluding hydrogens is 324 g/mol. The highest BCUT2D eigenvalue weighted by Crippen LogP contribution is 2.32. The van der Waals surface area contributed by atoms with Gasteiger partial charge >= 0.3 is 5.97 Å². The van der Waals surface area contributed by atoms with Crippen LogP contribution in [0.15, 0.2) is 27.5 Å². The molecule has 3 N–H and O–H groups in total. The molecule has 1 aromatic heterocycles. The minimum atomic E-state index is -4.06. The molecule has 1 amide bonds. The molecule has 0 spiro atoms. The highest BCUT2D eigenvalue weighted by atomic mass is 32.2. The number of aryl methyl sites for hydroxylation is 1. The first kappa shape index (κ1) is 17.0. The zero-order chi connectivity index (χ0) is 17.2. The number of aliphatic carboxylic acids is 1. The molecule has 8 nitrogen and oxygen atoms in total. The number of anilines is 1. The summed E-state index contributed by atoms with van der Waals surface area (Å²) in [5, 5.41) is 11.5. The van der Waals surface area contributed by atoms with Crippen molar-refractivity contribution in [3.63, 3.8) is 0 Å². The van der Waals surface area contributed by atoms with Crippen LogP contribution in [0.25, 0.3) is 11.0 Å². The van der Waals surface area contributed by atoms with Crippen molar-refractivity contribution in [1.82, 2.24) is 4.72 Å². The van der Waals surface area contributed by atoms with Gasteiger partial charge in [-0.25, -0.2) is 8.42 Å². The molecule has 0 fully saturated rings. The second-order valence-electron chi connectivity index (χ2n) is 4.82. The maximum absolute atomic E-state index is 12.4. The minimum Gasteiger partial charge on any atom is -0.480 e. The van der Waals surface area contributed by atoms with E-state index in [2.05, 4.69) is 5.32 Å². The van der Waals surface area contributed by atoms with Crippen LogP contribution < -0.4 is 10.0 Å². The van der Waals surface area contributed by atoms with Crippen molar-refractivity contribution in [3.8, 4) is 0 Å². The molecule has 0 radical (unpaired) electrons. The van der Waals surface area contributed by atoms with Crippen molar-refractivity contribution in [2.45, 2.75) is 25.2 Å². The van der Waals surface area contributed by atoms with E-state index in [1.54, 1.807) is 19.1 Å². The van der Waals surface area contributed by atoms with Gasteiger partial charge in [-0.05, 0) is 18.2 Å².